The number of hydrogen-bond donors (Lipinski definition) is 2. The van der Waals surface area contributed by atoms with Gasteiger partial charge in [-0.15, -0.1) is 0 Å². The number of aromatic nitrogens is 1. The fourth-order valence-corrected chi connectivity index (χ4v) is 1.44. The maximum atomic E-state index is 13.3. The van der Waals surface area contributed by atoms with Gasteiger partial charge in [0.2, 0.25) is 5.78 Å². The minimum Gasteiger partial charge on any atom is -0.477 e. The number of rotatable bonds is 3. The molecule has 0 aliphatic carbocycles. The SMILES string of the molecule is O=C(O)c1ccc(C(=O)c2ccccc2F)[nH]1. The molecule has 0 unspecified atom stereocenters. The van der Waals surface area contributed by atoms with E-state index in [1.807, 2.05) is 0 Å². The molecule has 2 N–H and O–H groups in total. The summed E-state index contributed by atoms with van der Waals surface area (Å²) in [5.74, 6) is -2.38. The Labute approximate surface area is 95.7 Å². The van der Waals surface area contributed by atoms with Crippen molar-refractivity contribution in [2.24, 2.45) is 0 Å². The molecule has 17 heavy (non-hydrogen) atoms. The monoisotopic (exact) mass is 233 g/mol. The van der Waals surface area contributed by atoms with Crippen LogP contribution in [0.1, 0.15) is 26.5 Å². The number of carboxylic acids is 1. The van der Waals surface area contributed by atoms with Crippen molar-refractivity contribution in [1.82, 2.24) is 4.98 Å². The van der Waals surface area contributed by atoms with Crippen LogP contribution in [0.4, 0.5) is 4.39 Å². The van der Waals surface area contributed by atoms with Gasteiger partial charge in [0, 0.05) is 0 Å². The van der Waals surface area contributed by atoms with Crippen LogP contribution >= 0.6 is 0 Å². The average molecular weight is 233 g/mol. The number of halogens is 1. The lowest BCUT2D eigenvalue weighted by Crippen LogP contribution is -2.05. The number of ketones is 1. The molecule has 0 spiro atoms. The Morgan fingerprint density at radius 2 is 1.71 bits per heavy atom. The number of aromatic amines is 1. The fourth-order valence-electron chi connectivity index (χ4n) is 1.44. The second-order valence-electron chi connectivity index (χ2n) is 3.40. The zero-order valence-corrected chi connectivity index (χ0v) is 8.61. The molecular formula is C12H8FNO3. The van der Waals surface area contributed by atoms with Crippen LogP contribution in [0.3, 0.4) is 0 Å². The zero-order valence-electron chi connectivity index (χ0n) is 8.61. The summed E-state index contributed by atoms with van der Waals surface area (Å²) in [4.78, 5) is 24.9. The lowest BCUT2D eigenvalue weighted by molar-refractivity contribution is 0.0691. The summed E-state index contributed by atoms with van der Waals surface area (Å²) < 4.78 is 13.3. The third-order valence-corrected chi connectivity index (χ3v) is 2.28. The summed E-state index contributed by atoms with van der Waals surface area (Å²) in [5, 5.41) is 8.69. The molecule has 86 valence electrons. The van der Waals surface area contributed by atoms with Crippen LogP contribution in [0.5, 0.6) is 0 Å². The smallest absolute Gasteiger partial charge is 0.352 e. The quantitative estimate of drug-likeness (QED) is 0.797. The highest BCUT2D eigenvalue weighted by Gasteiger charge is 2.16. The second-order valence-corrected chi connectivity index (χ2v) is 3.40. The van der Waals surface area contributed by atoms with E-state index in [0.29, 0.717) is 0 Å². The van der Waals surface area contributed by atoms with Crippen LogP contribution in [0.2, 0.25) is 0 Å². The number of benzene rings is 1. The van der Waals surface area contributed by atoms with E-state index >= 15 is 0 Å². The largest absolute Gasteiger partial charge is 0.477 e. The van der Waals surface area contributed by atoms with Crippen molar-refractivity contribution in [3.63, 3.8) is 0 Å². The molecule has 5 heteroatoms. The zero-order chi connectivity index (χ0) is 12.4. The third-order valence-electron chi connectivity index (χ3n) is 2.28. The Hall–Kier alpha value is -2.43. The summed E-state index contributed by atoms with van der Waals surface area (Å²) in [6.45, 7) is 0. The molecule has 0 amide bonds. The molecular weight excluding hydrogens is 225 g/mol. The van der Waals surface area contributed by atoms with Gasteiger partial charge in [-0.05, 0) is 24.3 Å². The van der Waals surface area contributed by atoms with Crippen molar-refractivity contribution in [2.75, 3.05) is 0 Å². The van der Waals surface area contributed by atoms with E-state index in [1.54, 1.807) is 0 Å². The van der Waals surface area contributed by atoms with Crippen LogP contribution in [-0.2, 0) is 0 Å². The highest BCUT2D eigenvalue weighted by Crippen LogP contribution is 2.13. The van der Waals surface area contributed by atoms with Crippen LogP contribution in [-0.4, -0.2) is 21.8 Å². The van der Waals surface area contributed by atoms with Crippen molar-refractivity contribution in [1.29, 1.82) is 0 Å². The summed E-state index contributed by atoms with van der Waals surface area (Å²) in [7, 11) is 0. The first-order chi connectivity index (χ1) is 8.09. The summed E-state index contributed by atoms with van der Waals surface area (Å²) in [6, 6.07) is 8.11. The van der Waals surface area contributed by atoms with Gasteiger partial charge < -0.3 is 10.1 Å². The number of hydrogen-bond acceptors (Lipinski definition) is 2. The van der Waals surface area contributed by atoms with Gasteiger partial charge in [-0.2, -0.15) is 0 Å². The molecule has 1 heterocycles. The Morgan fingerprint density at radius 3 is 2.29 bits per heavy atom. The number of H-pyrrole nitrogens is 1. The van der Waals surface area contributed by atoms with Gasteiger partial charge in [0.1, 0.15) is 11.5 Å². The van der Waals surface area contributed by atoms with E-state index in [-0.39, 0.29) is 17.0 Å². The van der Waals surface area contributed by atoms with E-state index in [1.165, 1.54) is 36.4 Å². The Balaban J connectivity index is 2.37. The van der Waals surface area contributed by atoms with E-state index in [9.17, 15) is 14.0 Å². The number of carboxylic acid groups (broad SMARTS) is 1. The average Bonchev–Trinajstić information content (AvgIpc) is 2.78. The van der Waals surface area contributed by atoms with Crippen molar-refractivity contribution in [3.05, 3.63) is 59.2 Å². The molecule has 0 aliphatic heterocycles. The minimum absolute atomic E-state index is 0.0486. The van der Waals surface area contributed by atoms with Gasteiger partial charge in [-0.25, -0.2) is 9.18 Å². The molecule has 0 atom stereocenters. The number of carbonyl (C=O) groups is 2. The van der Waals surface area contributed by atoms with Crippen molar-refractivity contribution < 1.29 is 19.1 Å². The lowest BCUT2D eigenvalue weighted by atomic mass is 10.1. The Kier molecular flexibility index (Phi) is 2.74. The normalized spacial score (nSPS) is 10.2. The van der Waals surface area contributed by atoms with E-state index in [4.69, 9.17) is 5.11 Å². The number of aromatic carboxylic acids is 1. The highest BCUT2D eigenvalue weighted by molar-refractivity contribution is 6.08. The number of carbonyl (C=O) groups excluding carboxylic acids is 1. The molecule has 0 radical (unpaired) electrons. The molecule has 0 saturated heterocycles. The van der Waals surface area contributed by atoms with Gasteiger partial charge in [-0.3, -0.25) is 4.79 Å². The lowest BCUT2D eigenvalue weighted by Gasteiger charge is -1.99. The molecule has 4 nitrogen and oxygen atoms in total. The standard InChI is InChI=1S/C12H8FNO3/c13-8-4-2-1-3-7(8)11(15)9-5-6-10(14-9)12(16)17/h1-6,14H,(H,16,17). The molecule has 1 aromatic heterocycles. The summed E-state index contributed by atoms with van der Waals surface area (Å²) in [5.41, 5.74) is -0.150. The minimum atomic E-state index is -1.17. The van der Waals surface area contributed by atoms with Gasteiger partial charge in [0.25, 0.3) is 0 Å². The second kappa shape index (κ2) is 4.21. The highest BCUT2D eigenvalue weighted by atomic mass is 19.1. The van der Waals surface area contributed by atoms with E-state index in [0.717, 1.165) is 0 Å². The molecule has 0 bridgehead atoms. The van der Waals surface area contributed by atoms with Gasteiger partial charge in [-0.1, -0.05) is 12.1 Å². The van der Waals surface area contributed by atoms with Crippen LogP contribution < -0.4 is 0 Å². The van der Waals surface area contributed by atoms with E-state index in [2.05, 4.69) is 4.98 Å². The third kappa shape index (κ3) is 2.08. The first-order valence-electron chi connectivity index (χ1n) is 4.81. The molecule has 0 fully saturated rings. The van der Waals surface area contributed by atoms with Crippen molar-refractivity contribution >= 4 is 11.8 Å². The molecule has 0 saturated carbocycles. The first-order valence-corrected chi connectivity index (χ1v) is 4.81. The predicted molar refractivity (Wildman–Crippen MR) is 57.6 cm³/mol. The van der Waals surface area contributed by atoms with Gasteiger partial charge in [0.15, 0.2) is 0 Å². The van der Waals surface area contributed by atoms with Crippen molar-refractivity contribution in [2.45, 2.75) is 0 Å². The Bertz CT molecular complexity index is 589. The number of nitrogens with one attached hydrogen (secondary N) is 1. The Morgan fingerprint density at radius 1 is 1.06 bits per heavy atom. The summed E-state index contributed by atoms with van der Waals surface area (Å²) >= 11 is 0. The van der Waals surface area contributed by atoms with E-state index < -0.39 is 17.6 Å². The van der Waals surface area contributed by atoms with Crippen molar-refractivity contribution in [3.8, 4) is 0 Å². The summed E-state index contributed by atoms with van der Waals surface area (Å²) in [6.07, 6.45) is 0. The molecule has 0 aliphatic rings. The molecule has 2 aromatic rings. The maximum absolute atomic E-state index is 13.3. The first kappa shape index (κ1) is 11.1. The fraction of sp³-hybridized carbons (Fsp3) is 0. The van der Waals surface area contributed by atoms with Gasteiger partial charge in [0.05, 0.1) is 11.3 Å². The predicted octanol–water partition coefficient (Wildman–Crippen LogP) is 2.08. The van der Waals surface area contributed by atoms with Crippen LogP contribution in [0.25, 0.3) is 0 Å². The topological polar surface area (TPSA) is 70.2 Å². The maximum Gasteiger partial charge on any atom is 0.352 e. The van der Waals surface area contributed by atoms with Crippen LogP contribution in [0.15, 0.2) is 36.4 Å². The van der Waals surface area contributed by atoms with Crippen LogP contribution in [0, 0.1) is 5.82 Å². The van der Waals surface area contributed by atoms with Gasteiger partial charge >= 0.3 is 5.97 Å². The molecule has 2 rings (SSSR count). The molecule has 1 aromatic carbocycles.